The van der Waals surface area contributed by atoms with Crippen LogP contribution in [0.2, 0.25) is 0 Å². The molecule has 0 radical (unpaired) electrons. The van der Waals surface area contributed by atoms with E-state index in [1.165, 1.54) is 12.1 Å². The second-order valence-corrected chi connectivity index (χ2v) is 8.96. The Morgan fingerprint density at radius 3 is 2.74 bits per heavy atom. The summed E-state index contributed by atoms with van der Waals surface area (Å²) in [6, 6.07) is 13.4. The van der Waals surface area contributed by atoms with E-state index < -0.39 is 0 Å². The van der Waals surface area contributed by atoms with E-state index in [1.807, 2.05) is 18.2 Å². The van der Waals surface area contributed by atoms with E-state index in [2.05, 4.69) is 25.5 Å². The topological polar surface area (TPSA) is 114 Å². The number of amides is 1. The summed E-state index contributed by atoms with van der Waals surface area (Å²) < 4.78 is 19.3. The highest BCUT2D eigenvalue weighted by Gasteiger charge is 2.27. The lowest BCUT2D eigenvalue weighted by atomic mass is 9.86. The number of fused-ring (bicyclic) bond motifs is 1. The van der Waals surface area contributed by atoms with E-state index in [0.717, 1.165) is 25.7 Å². The minimum absolute atomic E-state index is 0.00256. The van der Waals surface area contributed by atoms with Crippen molar-refractivity contribution >= 4 is 16.8 Å². The number of carbonyl (C=O) groups excluding carboxylic acids is 1. The molecule has 1 amide bonds. The van der Waals surface area contributed by atoms with E-state index in [4.69, 9.17) is 4.42 Å². The van der Waals surface area contributed by atoms with E-state index in [0.29, 0.717) is 53.3 Å². The normalized spacial score (nSPS) is 18.0. The van der Waals surface area contributed by atoms with Gasteiger partial charge >= 0.3 is 0 Å². The number of nitrogens with one attached hydrogen (secondary N) is 2. The number of benzene rings is 2. The molecular formula is C26H26FN5O3. The molecule has 0 saturated heterocycles. The van der Waals surface area contributed by atoms with Crippen molar-refractivity contribution in [2.45, 2.75) is 56.9 Å². The Morgan fingerprint density at radius 2 is 1.91 bits per heavy atom. The Hall–Kier alpha value is -3.88. The third-order valence-electron chi connectivity index (χ3n) is 6.43. The predicted octanol–water partition coefficient (Wildman–Crippen LogP) is 4.28. The number of aromatic amines is 1. The Bertz CT molecular complexity index is 1390. The van der Waals surface area contributed by atoms with Gasteiger partial charge in [-0.2, -0.15) is 0 Å². The van der Waals surface area contributed by atoms with E-state index in [9.17, 15) is 14.0 Å². The molecule has 2 aromatic heterocycles. The number of hydrogen-bond acceptors (Lipinski definition) is 6. The van der Waals surface area contributed by atoms with Crippen molar-refractivity contribution in [3.63, 3.8) is 0 Å². The van der Waals surface area contributed by atoms with Gasteiger partial charge in [0.2, 0.25) is 17.7 Å². The van der Waals surface area contributed by atoms with Crippen LogP contribution in [0.5, 0.6) is 0 Å². The molecule has 0 atom stereocenters. The lowest BCUT2D eigenvalue weighted by Gasteiger charge is -2.27. The number of carbonyl (C=O) groups is 1. The van der Waals surface area contributed by atoms with Gasteiger partial charge in [-0.15, -0.1) is 10.2 Å². The Labute approximate surface area is 201 Å². The number of rotatable bonds is 7. The van der Waals surface area contributed by atoms with Gasteiger partial charge in [-0.3, -0.25) is 9.59 Å². The zero-order chi connectivity index (χ0) is 24.2. The molecule has 0 bridgehead atoms. The lowest BCUT2D eigenvalue weighted by Crippen LogP contribution is -2.37. The summed E-state index contributed by atoms with van der Waals surface area (Å²) in [6.45, 7) is 0. The first-order valence-electron chi connectivity index (χ1n) is 11.9. The van der Waals surface area contributed by atoms with Crippen LogP contribution in [0.15, 0.2) is 57.7 Å². The maximum Gasteiger partial charge on any atom is 0.258 e. The predicted molar refractivity (Wildman–Crippen MR) is 128 cm³/mol. The first kappa shape index (κ1) is 22.9. The van der Waals surface area contributed by atoms with Crippen LogP contribution < -0.4 is 10.9 Å². The average molecular weight is 476 g/mol. The van der Waals surface area contributed by atoms with E-state index in [-0.39, 0.29) is 29.2 Å². The van der Waals surface area contributed by atoms with Crippen LogP contribution in [-0.2, 0) is 11.2 Å². The van der Waals surface area contributed by atoms with Crippen LogP contribution in [0.25, 0.3) is 22.4 Å². The summed E-state index contributed by atoms with van der Waals surface area (Å²) >= 11 is 0. The van der Waals surface area contributed by atoms with Gasteiger partial charge in [0.05, 0.1) is 10.9 Å². The monoisotopic (exact) mass is 475 g/mol. The molecule has 0 spiro atoms. The van der Waals surface area contributed by atoms with Gasteiger partial charge in [-0.05, 0) is 62.4 Å². The van der Waals surface area contributed by atoms with Crippen molar-refractivity contribution in [3.05, 3.63) is 76.4 Å². The zero-order valence-corrected chi connectivity index (χ0v) is 19.2. The summed E-state index contributed by atoms with van der Waals surface area (Å²) in [4.78, 5) is 31.9. The number of aromatic nitrogens is 4. The van der Waals surface area contributed by atoms with Crippen molar-refractivity contribution in [2.24, 2.45) is 0 Å². The number of halogens is 1. The zero-order valence-electron chi connectivity index (χ0n) is 19.2. The summed E-state index contributed by atoms with van der Waals surface area (Å²) in [6.07, 6.45) is 4.83. The van der Waals surface area contributed by atoms with Crippen LogP contribution in [-0.4, -0.2) is 32.1 Å². The first-order chi connectivity index (χ1) is 17.0. The maximum atomic E-state index is 13.5. The molecule has 2 aromatic carbocycles. The lowest BCUT2D eigenvalue weighted by molar-refractivity contribution is -0.122. The summed E-state index contributed by atoms with van der Waals surface area (Å²) in [7, 11) is 0. The van der Waals surface area contributed by atoms with Gasteiger partial charge in [0.15, 0.2) is 0 Å². The second-order valence-electron chi connectivity index (χ2n) is 8.96. The minimum atomic E-state index is -0.347. The van der Waals surface area contributed by atoms with Crippen molar-refractivity contribution in [1.82, 2.24) is 25.5 Å². The molecule has 0 unspecified atom stereocenters. The molecule has 1 saturated carbocycles. The van der Waals surface area contributed by atoms with Crippen molar-refractivity contribution in [2.75, 3.05) is 0 Å². The molecule has 8 nitrogen and oxygen atoms in total. The summed E-state index contributed by atoms with van der Waals surface area (Å²) in [5, 5.41) is 11.9. The van der Waals surface area contributed by atoms with Crippen molar-refractivity contribution in [3.8, 4) is 11.5 Å². The molecule has 2 N–H and O–H groups in total. The van der Waals surface area contributed by atoms with Gasteiger partial charge in [0, 0.05) is 30.4 Å². The standard InChI is InChI=1S/C26H26FN5O3/c27-18-6-3-5-17(15-18)26-32-31-25(35-26)16-11-13-19(14-12-16)28-23(33)10-4-9-22-29-21-8-2-1-7-20(21)24(34)30-22/h1-3,5-8,15-16,19H,4,9-14H2,(H,28,33)(H,29,30,34). The van der Waals surface area contributed by atoms with E-state index in [1.54, 1.807) is 18.2 Å². The Kier molecular flexibility index (Phi) is 6.65. The molecule has 0 aliphatic heterocycles. The van der Waals surface area contributed by atoms with Gasteiger partial charge in [-0.25, -0.2) is 9.37 Å². The molecule has 180 valence electrons. The Balaban J connectivity index is 1.08. The van der Waals surface area contributed by atoms with Crippen LogP contribution in [0.1, 0.15) is 56.2 Å². The molecule has 4 aromatic rings. The smallest absolute Gasteiger partial charge is 0.258 e. The quantitative estimate of drug-likeness (QED) is 0.413. The van der Waals surface area contributed by atoms with Crippen LogP contribution in [0.3, 0.4) is 0 Å². The second kappa shape index (κ2) is 10.2. The van der Waals surface area contributed by atoms with Crippen LogP contribution in [0.4, 0.5) is 4.39 Å². The maximum absolute atomic E-state index is 13.5. The number of nitrogens with zero attached hydrogens (tertiary/aromatic N) is 3. The van der Waals surface area contributed by atoms with Gasteiger partial charge in [-0.1, -0.05) is 18.2 Å². The highest BCUT2D eigenvalue weighted by molar-refractivity contribution is 5.77. The van der Waals surface area contributed by atoms with Crippen LogP contribution in [0, 0.1) is 5.82 Å². The molecular weight excluding hydrogens is 449 g/mol. The summed E-state index contributed by atoms with van der Waals surface area (Å²) in [5.74, 6) is 1.26. The van der Waals surface area contributed by atoms with Gasteiger partial charge in [0.25, 0.3) is 5.56 Å². The Morgan fingerprint density at radius 1 is 1.09 bits per heavy atom. The number of aryl methyl sites for hydroxylation is 1. The number of para-hydroxylation sites is 1. The average Bonchev–Trinajstić information content (AvgIpc) is 3.35. The molecule has 9 heteroatoms. The fourth-order valence-electron chi connectivity index (χ4n) is 4.59. The highest BCUT2D eigenvalue weighted by atomic mass is 19.1. The molecule has 1 aliphatic carbocycles. The van der Waals surface area contributed by atoms with Crippen LogP contribution >= 0.6 is 0 Å². The van der Waals surface area contributed by atoms with E-state index >= 15 is 0 Å². The fourth-order valence-corrected chi connectivity index (χ4v) is 4.59. The molecule has 1 fully saturated rings. The summed E-state index contributed by atoms with van der Waals surface area (Å²) in [5.41, 5.74) is 1.07. The third kappa shape index (κ3) is 5.45. The van der Waals surface area contributed by atoms with Crippen molar-refractivity contribution < 1.29 is 13.6 Å². The fraction of sp³-hybridized carbons (Fsp3) is 0.346. The molecule has 2 heterocycles. The first-order valence-corrected chi connectivity index (χ1v) is 11.9. The molecule has 1 aliphatic rings. The minimum Gasteiger partial charge on any atom is -0.420 e. The molecule has 5 rings (SSSR count). The van der Waals surface area contributed by atoms with Gasteiger partial charge < -0.3 is 14.7 Å². The van der Waals surface area contributed by atoms with Gasteiger partial charge in [0.1, 0.15) is 11.6 Å². The highest BCUT2D eigenvalue weighted by Crippen LogP contribution is 2.33. The number of hydrogen-bond donors (Lipinski definition) is 2. The number of H-pyrrole nitrogens is 1. The van der Waals surface area contributed by atoms with Crippen molar-refractivity contribution in [1.29, 1.82) is 0 Å². The largest absolute Gasteiger partial charge is 0.420 e. The molecule has 35 heavy (non-hydrogen) atoms. The third-order valence-corrected chi connectivity index (χ3v) is 6.43. The SMILES string of the molecule is O=C(CCCc1nc2ccccc2c(=O)[nH]1)NC1CCC(c2nnc(-c3cccc(F)c3)o2)CC1.